The van der Waals surface area contributed by atoms with Crippen LogP contribution >= 0.6 is 11.3 Å². The Bertz CT molecular complexity index is 1310. The highest BCUT2D eigenvalue weighted by Gasteiger charge is 2.47. The predicted molar refractivity (Wildman–Crippen MR) is 105 cm³/mol. The topological polar surface area (TPSA) is 59.7 Å². The minimum atomic E-state index is -3.22. The highest BCUT2D eigenvalue weighted by atomic mass is 32.1. The summed E-state index contributed by atoms with van der Waals surface area (Å²) < 4.78 is 63.6. The monoisotopic (exact) mass is 450 g/mol. The van der Waals surface area contributed by atoms with E-state index in [9.17, 15) is 22.4 Å². The Morgan fingerprint density at radius 3 is 2.94 bits per heavy atom. The van der Waals surface area contributed by atoms with Crippen LogP contribution in [0.15, 0.2) is 42.9 Å². The van der Waals surface area contributed by atoms with E-state index in [0.717, 1.165) is 17.4 Å². The lowest BCUT2D eigenvalue weighted by molar-refractivity contribution is -0.130. The van der Waals surface area contributed by atoms with E-state index in [0.29, 0.717) is 11.7 Å². The first-order valence-electron chi connectivity index (χ1n) is 9.33. The van der Waals surface area contributed by atoms with Gasteiger partial charge in [0.25, 0.3) is 17.0 Å². The first kappa shape index (κ1) is 19.7. The Labute approximate surface area is 176 Å². The molecule has 4 aromatic rings. The normalized spacial score (nSPS) is 18.6. The van der Waals surface area contributed by atoms with Crippen molar-refractivity contribution >= 4 is 33.1 Å². The number of benzene rings is 1. The third-order valence-electron chi connectivity index (χ3n) is 5.15. The Hall–Kier alpha value is -3.21. The van der Waals surface area contributed by atoms with Crippen molar-refractivity contribution in [3.8, 4) is 5.19 Å². The van der Waals surface area contributed by atoms with Gasteiger partial charge in [-0.2, -0.15) is 4.98 Å². The standard InChI is InChI=1S/C20H14F4N4O2S/c21-11-8-13(22)16-14(9-11)31-19(26-16)30-15-10-28(6-3-20(15,23)24)18(29)12-2-1-5-27-7-4-25-17(12)27/h1-2,4-5,7-9,15H,3,6,10H2/t15-/m0/s1. The number of imidazole rings is 1. The van der Waals surface area contributed by atoms with Gasteiger partial charge in [0.15, 0.2) is 11.9 Å². The Kier molecular flexibility index (Phi) is 4.58. The number of thiazole rings is 1. The largest absolute Gasteiger partial charge is 0.458 e. The molecule has 3 aromatic heterocycles. The van der Waals surface area contributed by atoms with Crippen LogP contribution in [-0.2, 0) is 0 Å². The van der Waals surface area contributed by atoms with Crippen molar-refractivity contribution in [2.24, 2.45) is 0 Å². The van der Waals surface area contributed by atoms with Gasteiger partial charge >= 0.3 is 0 Å². The summed E-state index contributed by atoms with van der Waals surface area (Å²) in [5.41, 5.74) is 0.555. The highest BCUT2D eigenvalue weighted by Crippen LogP contribution is 2.36. The molecule has 4 heterocycles. The molecule has 1 amide bonds. The molecule has 0 spiro atoms. The average Bonchev–Trinajstić information content (AvgIpc) is 3.35. The third-order valence-corrected chi connectivity index (χ3v) is 6.04. The smallest absolute Gasteiger partial charge is 0.287 e. The summed E-state index contributed by atoms with van der Waals surface area (Å²) in [6.45, 7) is -0.548. The van der Waals surface area contributed by atoms with Crippen molar-refractivity contribution in [2.75, 3.05) is 13.1 Å². The molecule has 0 bridgehead atoms. The third kappa shape index (κ3) is 3.48. The van der Waals surface area contributed by atoms with Crippen LogP contribution in [0.25, 0.3) is 15.9 Å². The first-order chi connectivity index (χ1) is 14.8. The number of rotatable bonds is 3. The zero-order chi connectivity index (χ0) is 21.8. The molecule has 1 aromatic carbocycles. The number of halogens is 4. The molecule has 31 heavy (non-hydrogen) atoms. The summed E-state index contributed by atoms with van der Waals surface area (Å²) in [5, 5.41) is -0.214. The van der Waals surface area contributed by atoms with Crippen molar-refractivity contribution < 1.29 is 27.1 Å². The fourth-order valence-corrected chi connectivity index (χ4v) is 4.47. The first-order valence-corrected chi connectivity index (χ1v) is 10.1. The molecule has 5 rings (SSSR count). The lowest BCUT2D eigenvalue weighted by Gasteiger charge is -2.37. The Morgan fingerprint density at radius 2 is 2.10 bits per heavy atom. The number of fused-ring (bicyclic) bond motifs is 2. The highest BCUT2D eigenvalue weighted by molar-refractivity contribution is 7.20. The van der Waals surface area contributed by atoms with Crippen LogP contribution in [0.1, 0.15) is 16.8 Å². The Morgan fingerprint density at radius 1 is 1.26 bits per heavy atom. The molecule has 0 radical (unpaired) electrons. The number of ether oxygens (including phenoxy) is 1. The molecule has 6 nitrogen and oxygen atoms in total. The van der Waals surface area contributed by atoms with Gasteiger partial charge in [0, 0.05) is 37.6 Å². The number of hydrogen-bond donors (Lipinski definition) is 0. The number of carbonyl (C=O) groups excluding carboxylic acids is 1. The second kappa shape index (κ2) is 7.19. The van der Waals surface area contributed by atoms with Gasteiger partial charge in [-0.15, -0.1) is 0 Å². The maximum absolute atomic E-state index is 14.6. The summed E-state index contributed by atoms with van der Waals surface area (Å²) in [6, 6.07) is 4.97. The molecule has 0 N–H and O–H groups in total. The number of alkyl halides is 2. The average molecular weight is 450 g/mol. The number of pyridine rings is 1. The summed E-state index contributed by atoms with van der Waals surface area (Å²) in [4.78, 5) is 22.3. The van der Waals surface area contributed by atoms with Gasteiger partial charge in [0.1, 0.15) is 17.0 Å². The predicted octanol–water partition coefficient (Wildman–Crippen LogP) is 4.15. The van der Waals surface area contributed by atoms with Crippen molar-refractivity contribution in [1.82, 2.24) is 19.3 Å². The minimum absolute atomic E-state index is 0.144. The van der Waals surface area contributed by atoms with E-state index in [1.54, 1.807) is 28.9 Å². The molecule has 1 aliphatic heterocycles. The molecule has 11 heteroatoms. The summed E-state index contributed by atoms with van der Waals surface area (Å²) in [7, 11) is 0. The van der Waals surface area contributed by atoms with Gasteiger partial charge < -0.3 is 14.0 Å². The van der Waals surface area contributed by atoms with Crippen molar-refractivity contribution in [2.45, 2.75) is 18.4 Å². The minimum Gasteiger partial charge on any atom is -0.458 e. The molecule has 0 aliphatic carbocycles. The molecule has 1 aliphatic rings. The maximum Gasteiger partial charge on any atom is 0.287 e. The van der Waals surface area contributed by atoms with Gasteiger partial charge in [-0.25, -0.2) is 22.5 Å². The number of piperidine rings is 1. The zero-order valence-electron chi connectivity index (χ0n) is 15.8. The van der Waals surface area contributed by atoms with Crippen molar-refractivity contribution in [1.29, 1.82) is 0 Å². The fraction of sp³-hybridized carbons (Fsp3) is 0.250. The lowest BCUT2D eigenvalue weighted by Crippen LogP contribution is -2.55. The van der Waals surface area contributed by atoms with Crippen LogP contribution in [0, 0.1) is 11.6 Å². The van der Waals surface area contributed by atoms with Crippen LogP contribution < -0.4 is 4.74 Å². The van der Waals surface area contributed by atoms with Crippen LogP contribution in [0.3, 0.4) is 0 Å². The van der Waals surface area contributed by atoms with E-state index >= 15 is 0 Å². The maximum atomic E-state index is 14.6. The summed E-state index contributed by atoms with van der Waals surface area (Å²) in [5.74, 6) is -5.37. The molecular weight excluding hydrogens is 436 g/mol. The van der Waals surface area contributed by atoms with E-state index in [2.05, 4.69) is 9.97 Å². The van der Waals surface area contributed by atoms with Gasteiger partial charge in [-0.3, -0.25) is 4.79 Å². The number of hydrogen-bond acceptors (Lipinski definition) is 5. The van der Waals surface area contributed by atoms with E-state index < -0.39 is 36.0 Å². The van der Waals surface area contributed by atoms with Crippen LogP contribution in [0.4, 0.5) is 17.6 Å². The number of amides is 1. The quantitative estimate of drug-likeness (QED) is 0.440. The molecule has 1 fully saturated rings. The van der Waals surface area contributed by atoms with E-state index in [1.807, 2.05) is 0 Å². The second-order valence-electron chi connectivity index (χ2n) is 7.16. The molecule has 0 unspecified atom stereocenters. The molecule has 1 saturated heterocycles. The number of aromatic nitrogens is 3. The van der Waals surface area contributed by atoms with Crippen LogP contribution in [0.2, 0.25) is 0 Å². The van der Waals surface area contributed by atoms with Gasteiger partial charge in [0.05, 0.1) is 16.8 Å². The zero-order valence-corrected chi connectivity index (χ0v) is 16.6. The second-order valence-corrected chi connectivity index (χ2v) is 8.16. The van der Waals surface area contributed by atoms with Crippen molar-refractivity contribution in [3.05, 3.63) is 60.1 Å². The number of likely N-dealkylation sites (tertiary alicyclic amines) is 1. The summed E-state index contributed by atoms with van der Waals surface area (Å²) in [6.07, 6.45) is 2.66. The SMILES string of the molecule is O=C(c1cccn2ccnc12)N1CCC(F)(F)[C@@H](Oc2nc3c(F)cc(F)cc3s2)C1. The van der Waals surface area contributed by atoms with Gasteiger partial charge in [0.2, 0.25) is 0 Å². The van der Waals surface area contributed by atoms with Crippen LogP contribution in [-0.4, -0.2) is 50.3 Å². The lowest BCUT2D eigenvalue weighted by atomic mass is 10.0. The van der Waals surface area contributed by atoms with Gasteiger partial charge in [-0.1, -0.05) is 11.3 Å². The number of carbonyl (C=O) groups is 1. The van der Waals surface area contributed by atoms with E-state index in [-0.39, 0.29) is 34.1 Å². The number of nitrogens with zero attached hydrogens (tertiary/aromatic N) is 4. The molecular formula is C20H14F4N4O2S. The summed E-state index contributed by atoms with van der Waals surface area (Å²) >= 11 is 0.766. The fourth-order valence-electron chi connectivity index (χ4n) is 3.57. The van der Waals surface area contributed by atoms with E-state index in [4.69, 9.17) is 4.74 Å². The van der Waals surface area contributed by atoms with Crippen molar-refractivity contribution in [3.63, 3.8) is 0 Å². The Balaban J connectivity index is 1.41. The van der Waals surface area contributed by atoms with E-state index in [1.165, 1.54) is 11.1 Å². The van der Waals surface area contributed by atoms with Gasteiger partial charge in [-0.05, 0) is 18.2 Å². The van der Waals surface area contributed by atoms with Crippen LogP contribution in [0.5, 0.6) is 5.19 Å². The molecule has 160 valence electrons. The molecule has 0 saturated carbocycles. The molecule has 1 atom stereocenters.